The van der Waals surface area contributed by atoms with Crippen molar-refractivity contribution in [1.29, 1.82) is 0 Å². The molecule has 102 valence electrons. The molecule has 0 saturated carbocycles. The fraction of sp³-hybridized carbons (Fsp3) is 0.357. The molecule has 0 aromatic heterocycles. The minimum Gasteiger partial charge on any atom is -0.454 e. The molecule has 19 heavy (non-hydrogen) atoms. The molecule has 1 heterocycles. The predicted octanol–water partition coefficient (Wildman–Crippen LogP) is 1.97. The van der Waals surface area contributed by atoms with Crippen molar-refractivity contribution in [2.45, 2.75) is 30.1 Å². The van der Waals surface area contributed by atoms with Crippen LogP contribution in [-0.2, 0) is 19.4 Å². The first kappa shape index (κ1) is 13.8. The summed E-state index contributed by atoms with van der Waals surface area (Å²) in [7, 11) is -3.54. The Morgan fingerprint density at radius 1 is 1.16 bits per heavy atom. The summed E-state index contributed by atoms with van der Waals surface area (Å²) < 4.78 is 30.3. The van der Waals surface area contributed by atoms with Crippen LogP contribution in [0.5, 0.6) is 0 Å². The number of esters is 1. The third-order valence-electron chi connectivity index (χ3n) is 3.09. The number of ether oxygens (including phenoxy) is 1. The number of carbonyl (C=O) groups is 1. The summed E-state index contributed by atoms with van der Waals surface area (Å²) in [5.74, 6) is -0.648. The van der Waals surface area contributed by atoms with Gasteiger partial charge in [-0.05, 0) is 24.1 Å². The van der Waals surface area contributed by atoms with Crippen LogP contribution >= 0.6 is 0 Å². The van der Waals surface area contributed by atoms with Crippen molar-refractivity contribution in [2.24, 2.45) is 5.92 Å². The lowest BCUT2D eigenvalue weighted by Gasteiger charge is -2.25. The molecule has 2 atom stereocenters. The van der Waals surface area contributed by atoms with Gasteiger partial charge in [0.15, 0.2) is 9.84 Å². The van der Waals surface area contributed by atoms with E-state index in [1.54, 1.807) is 30.3 Å². The number of hydrogen-bond acceptors (Lipinski definition) is 4. The van der Waals surface area contributed by atoms with Crippen LogP contribution in [0.3, 0.4) is 0 Å². The van der Waals surface area contributed by atoms with Crippen LogP contribution in [-0.4, -0.2) is 25.7 Å². The average Bonchev–Trinajstić information content (AvgIpc) is 2.76. The van der Waals surface area contributed by atoms with E-state index in [1.165, 1.54) is 12.2 Å². The second-order valence-corrected chi connectivity index (χ2v) is 6.93. The van der Waals surface area contributed by atoms with Gasteiger partial charge in [0.1, 0.15) is 11.4 Å². The monoisotopic (exact) mass is 280 g/mol. The standard InChI is InChI=1S/C14H16O4S/c1-10(2)14(12-8-9-13(15)18-12)19(16,17)11-6-4-3-5-7-11/h3-10,12,14H,1-2H3. The Hall–Kier alpha value is -1.62. The Kier molecular flexibility index (Phi) is 3.75. The first-order chi connectivity index (χ1) is 8.93. The van der Waals surface area contributed by atoms with Crippen LogP contribution in [0.2, 0.25) is 0 Å². The van der Waals surface area contributed by atoms with Gasteiger partial charge < -0.3 is 4.74 Å². The molecule has 4 nitrogen and oxygen atoms in total. The average molecular weight is 280 g/mol. The van der Waals surface area contributed by atoms with Crippen molar-refractivity contribution in [3.05, 3.63) is 42.5 Å². The minimum atomic E-state index is -3.54. The lowest BCUT2D eigenvalue weighted by molar-refractivity contribution is -0.138. The molecule has 1 aliphatic rings. The molecule has 2 rings (SSSR count). The number of hydrogen-bond donors (Lipinski definition) is 0. The van der Waals surface area contributed by atoms with Gasteiger partial charge in [-0.2, -0.15) is 0 Å². The van der Waals surface area contributed by atoms with Crippen LogP contribution in [0.15, 0.2) is 47.4 Å². The highest BCUT2D eigenvalue weighted by Gasteiger charge is 2.39. The maximum Gasteiger partial charge on any atom is 0.331 e. The first-order valence-electron chi connectivity index (χ1n) is 6.10. The third kappa shape index (κ3) is 2.71. The maximum atomic E-state index is 12.6. The number of rotatable bonds is 4. The van der Waals surface area contributed by atoms with Gasteiger partial charge in [-0.25, -0.2) is 13.2 Å². The lowest BCUT2D eigenvalue weighted by atomic mass is 10.1. The second kappa shape index (κ2) is 5.17. The summed E-state index contributed by atoms with van der Waals surface area (Å²) in [4.78, 5) is 11.4. The van der Waals surface area contributed by atoms with Crippen LogP contribution in [0.1, 0.15) is 13.8 Å². The maximum absolute atomic E-state index is 12.6. The highest BCUT2D eigenvalue weighted by atomic mass is 32.2. The molecule has 1 aromatic carbocycles. The van der Waals surface area contributed by atoms with Gasteiger partial charge >= 0.3 is 5.97 Å². The molecule has 0 N–H and O–H groups in total. The summed E-state index contributed by atoms with van der Waals surface area (Å²) >= 11 is 0. The molecule has 0 fully saturated rings. The van der Waals surface area contributed by atoms with Crippen LogP contribution in [0.4, 0.5) is 0 Å². The third-order valence-corrected chi connectivity index (χ3v) is 5.54. The van der Waals surface area contributed by atoms with Gasteiger partial charge in [0.05, 0.1) is 4.90 Å². The van der Waals surface area contributed by atoms with Gasteiger partial charge in [-0.3, -0.25) is 0 Å². The van der Waals surface area contributed by atoms with Crippen LogP contribution in [0, 0.1) is 5.92 Å². The summed E-state index contributed by atoms with van der Waals surface area (Å²) in [6.45, 7) is 3.62. The molecular weight excluding hydrogens is 264 g/mol. The minimum absolute atomic E-state index is 0.161. The van der Waals surface area contributed by atoms with E-state index in [1.807, 2.05) is 13.8 Å². The SMILES string of the molecule is CC(C)C(C1C=CC(=O)O1)S(=O)(=O)c1ccccc1. The molecule has 0 bridgehead atoms. The molecule has 0 saturated heterocycles. The molecule has 5 heteroatoms. The molecule has 0 spiro atoms. The highest BCUT2D eigenvalue weighted by molar-refractivity contribution is 7.92. The van der Waals surface area contributed by atoms with E-state index in [0.717, 1.165) is 0 Å². The Labute approximate surface area is 113 Å². The number of sulfone groups is 1. The summed E-state index contributed by atoms with van der Waals surface area (Å²) in [5, 5.41) is -0.766. The summed E-state index contributed by atoms with van der Waals surface area (Å²) in [6, 6.07) is 8.25. The molecule has 0 aliphatic carbocycles. The zero-order valence-electron chi connectivity index (χ0n) is 10.8. The fourth-order valence-electron chi connectivity index (χ4n) is 2.24. The van der Waals surface area contributed by atoms with Crippen molar-refractivity contribution in [2.75, 3.05) is 0 Å². The van der Waals surface area contributed by atoms with Crippen molar-refractivity contribution in [3.8, 4) is 0 Å². The molecule has 1 aliphatic heterocycles. The lowest BCUT2D eigenvalue weighted by Crippen LogP contribution is -2.38. The Morgan fingerprint density at radius 2 is 1.79 bits per heavy atom. The zero-order valence-corrected chi connectivity index (χ0v) is 11.6. The van der Waals surface area contributed by atoms with E-state index < -0.39 is 27.2 Å². The smallest absolute Gasteiger partial charge is 0.331 e. The Balaban J connectivity index is 2.40. The highest BCUT2D eigenvalue weighted by Crippen LogP contribution is 2.28. The summed E-state index contributed by atoms with van der Waals surface area (Å²) in [5.41, 5.74) is 0. The molecule has 0 amide bonds. The van der Waals surface area contributed by atoms with E-state index in [-0.39, 0.29) is 10.8 Å². The quantitative estimate of drug-likeness (QED) is 0.791. The largest absolute Gasteiger partial charge is 0.454 e. The van der Waals surface area contributed by atoms with Gasteiger partial charge in [-0.15, -0.1) is 0 Å². The van der Waals surface area contributed by atoms with E-state index in [2.05, 4.69) is 0 Å². The number of benzene rings is 1. The first-order valence-corrected chi connectivity index (χ1v) is 7.65. The second-order valence-electron chi connectivity index (χ2n) is 4.83. The van der Waals surface area contributed by atoms with E-state index in [9.17, 15) is 13.2 Å². The molecule has 2 unspecified atom stereocenters. The van der Waals surface area contributed by atoms with Gasteiger partial charge in [0.2, 0.25) is 0 Å². The van der Waals surface area contributed by atoms with Crippen molar-refractivity contribution in [3.63, 3.8) is 0 Å². The predicted molar refractivity (Wildman–Crippen MR) is 71.3 cm³/mol. The van der Waals surface area contributed by atoms with E-state index in [4.69, 9.17) is 4.74 Å². The Morgan fingerprint density at radius 3 is 2.26 bits per heavy atom. The molecule has 0 radical (unpaired) electrons. The van der Waals surface area contributed by atoms with Crippen LogP contribution in [0.25, 0.3) is 0 Å². The number of cyclic esters (lactones) is 1. The topological polar surface area (TPSA) is 60.4 Å². The Bertz CT molecular complexity index is 587. The normalized spacial score (nSPS) is 20.6. The number of carbonyl (C=O) groups excluding carboxylic acids is 1. The fourth-order valence-corrected chi connectivity index (χ4v) is 4.31. The van der Waals surface area contributed by atoms with E-state index in [0.29, 0.717) is 0 Å². The van der Waals surface area contributed by atoms with Crippen molar-refractivity contribution in [1.82, 2.24) is 0 Å². The summed E-state index contributed by atoms with van der Waals surface area (Å²) in [6.07, 6.45) is 2.09. The van der Waals surface area contributed by atoms with Crippen LogP contribution < -0.4 is 0 Å². The zero-order chi connectivity index (χ0) is 14.0. The molecular formula is C14H16O4S. The van der Waals surface area contributed by atoms with E-state index >= 15 is 0 Å². The molecule has 1 aromatic rings. The van der Waals surface area contributed by atoms with Gasteiger partial charge in [0.25, 0.3) is 0 Å². The van der Waals surface area contributed by atoms with Gasteiger partial charge in [-0.1, -0.05) is 32.0 Å². The van der Waals surface area contributed by atoms with Gasteiger partial charge in [0, 0.05) is 6.08 Å². The van der Waals surface area contributed by atoms with Crippen molar-refractivity contribution >= 4 is 15.8 Å². The van der Waals surface area contributed by atoms with Crippen molar-refractivity contribution < 1.29 is 17.9 Å².